The molecule has 0 saturated carbocycles. The summed E-state index contributed by atoms with van der Waals surface area (Å²) in [6, 6.07) is 7.94. The number of hydrogen-bond acceptors (Lipinski definition) is 4. The summed E-state index contributed by atoms with van der Waals surface area (Å²) in [4.78, 5) is 4.14. The van der Waals surface area contributed by atoms with E-state index in [2.05, 4.69) is 20.7 Å². The van der Waals surface area contributed by atoms with Crippen LogP contribution in [-0.2, 0) is 0 Å². The summed E-state index contributed by atoms with van der Waals surface area (Å²) in [7, 11) is 0. The van der Waals surface area contributed by atoms with Crippen LogP contribution in [0.4, 0.5) is 11.5 Å². The van der Waals surface area contributed by atoms with E-state index in [1.165, 1.54) is 0 Å². The fraction of sp³-hybridized carbons (Fsp3) is 0. The lowest BCUT2D eigenvalue weighted by Crippen LogP contribution is -1.93. The number of benzene rings is 1. The van der Waals surface area contributed by atoms with Crippen LogP contribution < -0.4 is 5.43 Å². The minimum atomic E-state index is 0. The van der Waals surface area contributed by atoms with Gasteiger partial charge in [-0.25, -0.2) is 4.98 Å². The van der Waals surface area contributed by atoms with Crippen LogP contribution in [0.15, 0.2) is 40.8 Å². The molecule has 1 N–H and O–H groups in total. The van der Waals surface area contributed by atoms with Crippen LogP contribution in [-0.4, -0.2) is 13.4 Å². The van der Waals surface area contributed by atoms with Crippen molar-refractivity contribution in [2.75, 3.05) is 5.43 Å². The molecule has 0 spiro atoms. The predicted octanol–water partition coefficient (Wildman–Crippen LogP) is 1.48. The Kier molecular flexibility index (Phi) is 1.92. The largest absolute Gasteiger partial charge is 0.259 e. The van der Waals surface area contributed by atoms with E-state index in [0.29, 0.717) is 5.82 Å². The Balaban J connectivity index is 0.000000750. The second-order valence-corrected chi connectivity index (χ2v) is 2.85. The Hall–Kier alpha value is -1.91. The first kappa shape index (κ1) is 8.68. The van der Waals surface area contributed by atoms with Gasteiger partial charge in [0.1, 0.15) is 0 Å². The van der Waals surface area contributed by atoms with Crippen molar-refractivity contribution in [3.63, 3.8) is 0 Å². The normalized spacial score (nSPS) is 12.0. The van der Waals surface area contributed by atoms with Gasteiger partial charge in [-0.3, -0.25) is 5.43 Å². The molecule has 0 radical (unpaired) electrons. The molecule has 1 aliphatic rings. The average Bonchev–Trinajstić information content (AvgIpc) is 2.19. The molecule has 2 heterocycles. The summed E-state index contributed by atoms with van der Waals surface area (Å²) in [5.41, 5.74) is 3.81. The van der Waals surface area contributed by atoms with Gasteiger partial charge in [-0.2, -0.15) is 0 Å². The molecule has 0 aliphatic carbocycles. The third-order valence-electron chi connectivity index (χ3n) is 2.09. The Labute approximate surface area is 82.6 Å². The predicted molar refractivity (Wildman–Crippen MR) is 59.8 cm³/mol. The maximum atomic E-state index is 4.14. The molecule has 5 heteroatoms. The minimum absolute atomic E-state index is 0. The van der Waals surface area contributed by atoms with E-state index in [0.717, 1.165) is 16.5 Å². The lowest BCUT2D eigenvalue weighted by atomic mass is 10.1. The van der Waals surface area contributed by atoms with Gasteiger partial charge < -0.3 is 0 Å². The highest BCUT2D eigenvalue weighted by Crippen LogP contribution is 2.33. The standard InChI is InChI=1S/C9H6N4.BH3/c1-2-6-4-5-10-9-8(6)7(3-1)11-13-12-9;/h1-5H,(H,10,11,12);1H3. The fourth-order valence-corrected chi connectivity index (χ4v) is 1.51. The third-order valence-corrected chi connectivity index (χ3v) is 2.09. The van der Waals surface area contributed by atoms with Crippen LogP contribution in [0.3, 0.4) is 0 Å². The van der Waals surface area contributed by atoms with Gasteiger partial charge in [-0.1, -0.05) is 17.4 Å². The molecule has 0 amide bonds. The number of rotatable bonds is 0. The first-order chi connectivity index (χ1) is 6.45. The topological polar surface area (TPSA) is 49.6 Å². The molecule has 0 atom stereocenters. The van der Waals surface area contributed by atoms with Gasteiger partial charge in [0.2, 0.25) is 0 Å². The van der Waals surface area contributed by atoms with Crippen molar-refractivity contribution < 1.29 is 0 Å². The summed E-state index contributed by atoms with van der Waals surface area (Å²) in [6.45, 7) is 0. The van der Waals surface area contributed by atoms with E-state index in [1.54, 1.807) is 6.20 Å². The molecule has 0 saturated heterocycles. The van der Waals surface area contributed by atoms with Gasteiger partial charge in [-0.05, 0) is 17.5 Å². The van der Waals surface area contributed by atoms with Gasteiger partial charge in [0, 0.05) is 6.20 Å². The molecule has 4 nitrogen and oxygen atoms in total. The quantitative estimate of drug-likeness (QED) is 0.630. The van der Waals surface area contributed by atoms with Gasteiger partial charge in [-0.15, -0.1) is 5.11 Å². The minimum Gasteiger partial charge on any atom is -0.259 e. The van der Waals surface area contributed by atoms with Crippen molar-refractivity contribution in [3.8, 4) is 0 Å². The maximum absolute atomic E-state index is 4.14. The van der Waals surface area contributed by atoms with E-state index in [9.17, 15) is 0 Å². The summed E-state index contributed by atoms with van der Waals surface area (Å²) in [5.74, 6) is 0.687. The molecular formula is C9H9BN4. The molecular weight excluding hydrogens is 175 g/mol. The molecule has 3 rings (SSSR count). The summed E-state index contributed by atoms with van der Waals surface area (Å²) in [5, 5.41) is 9.84. The molecule has 14 heavy (non-hydrogen) atoms. The van der Waals surface area contributed by atoms with Gasteiger partial charge in [0.25, 0.3) is 0 Å². The van der Waals surface area contributed by atoms with E-state index >= 15 is 0 Å². The van der Waals surface area contributed by atoms with E-state index in [4.69, 9.17) is 0 Å². The molecule has 1 aliphatic heterocycles. The Bertz CT molecular complexity index is 504. The Morgan fingerprint density at radius 1 is 1.14 bits per heavy atom. The highest BCUT2D eigenvalue weighted by atomic mass is 15.4. The average molecular weight is 184 g/mol. The monoisotopic (exact) mass is 184 g/mol. The van der Waals surface area contributed by atoms with Crippen LogP contribution in [0.2, 0.25) is 0 Å². The fourth-order valence-electron chi connectivity index (χ4n) is 1.51. The zero-order valence-electron chi connectivity index (χ0n) is 6.73. The summed E-state index contributed by atoms with van der Waals surface area (Å²) >= 11 is 0. The van der Waals surface area contributed by atoms with Gasteiger partial charge >= 0.3 is 0 Å². The number of hydrogen-bond donors (Lipinski definition) is 1. The molecule has 1 aromatic carbocycles. The Morgan fingerprint density at radius 2 is 2.07 bits per heavy atom. The van der Waals surface area contributed by atoms with Crippen LogP contribution in [0.1, 0.15) is 0 Å². The maximum Gasteiger partial charge on any atom is 0.186 e. The van der Waals surface area contributed by atoms with Crippen molar-refractivity contribution in [1.29, 1.82) is 0 Å². The van der Waals surface area contributed by atoms with E-state index in [-0.39, 0.29) is 8.41 Å². The zero-order chi connectivity index (χ0) is 8.67. The van der Waals surface area contributed by atoms with Gasteiger partial charge in [0.05, 0.1) is 19.5 Å². The number of pyridine rings is 1. The van der Waals surface area contributed by atoms with Crippen LogP contribution in [0.5, 0.6) is 0 Å². The lowest BCUT2D eigenvalue weighted by molar-refractivity contribution is 1.08. The van der Waals surface area contributed by atoms with Crippen molar-refractivity contribution in [1.82, 2.24) is 4.98 Å². The zero-order valence-corrected chi connectivity index (χ0v) is 6.73. The Morgan fingerprint density at radius 3 is 3.00 bits per heavy atom. The van der Waals surface area contributed by atoms with E-state index in [1.807, 2.05) is 24.3 Å². The highest BCUT2D eigenvalue weighted by Gasteiger charge is 2.09. The number of nitrogens with one attached hydrogen (secondary N) is 1. The van der Waals surface area contributed by atoms with Crippen molar-refractivity contribution in [3.05, 3.63) is 30.5 Å². The summed E-state index contributed by atoms with van der Waals surface area (Å²) in [6.07, 6.45) is 1.74. The third kappa shape index (κ3) is 1.06. The molecule has 2 aromatic rings. The number of aromatic nitrogens is 1. The highest BCUT2D eigenvalue weighted by molar-refractivity contribution is 6.00. The molecule has 0 unspecified atom stereocenters. The van der Waals surface area contributed by atoms with Crippen molar-refractivity contribution in [2.24, 2.45) is 10.3 Å². The molecule has 0 bridgehead atoms. The first-order valence-corrected chi connectivity index (χ1v) is 4.00. The van der Waals surface area contributed by atoms with Crippen LogP contribution in [0, 0.1) is 0 Å². The smallest absolute Gasteiger partial charge is 0.186 e. The van der Waals surface area contributed by atoms with Gasteiger partial charge in [0.15, 0.2) is 5.82 Å². The molecule has 1 aromatic heterocycles. The van der Waals surface area contributed by atoms with Crippen molar-refractivity contribution in [2.45, 2.75) is 0 Å². The van der Waals surface area contributed by atoms with Crippen molar-refractivity contribution >= 4 is 30.7 Å². The SMILES string of the molecule is B.c1cc2c3c(nccc3c1)N=NN2. The van der Waals surface area contributed by atoms with E-state index < -0.39 is 0 Å². The molecule has 68 valence electrons. The van der Waals surface area contributed by atoms with Crippen LogP contribution in [0.25, 0.3) is 10.8 Å². The lowest BCUT2D eigenvalue weighted by Gasteiger charge is -2.09. The molecule has 0 fully saturated rings. The number of anilines is 1. The second-order valence-electron chi connectivity index (χ2n) is 2.85. The van der Waals surface area contributed by atoms with Crippen LogP contribution >= 0.6 is 0 Å². The second kappa shape index (κ2) is 3.10. The number of nitrogens with zero attached hydrogens (tertiary/aromatic N) is 3. The summed E-state index contributed by atoms with van der Waals surface area (Å²) < 4.78 is 0. The first-order valence-electron chi connectivity index (χ1n) is 4.00.